The summed E-state index contributed by atoms with van der Waals surface area (Å²) in [7, 11) is 0. The Morgan fingerprint density at radius 2 is 1.96 bits per heavy atom. The third kappa shape index (κ3) is 5.01. The molecule has 1 aromatic carbocycles. The Balaban J connectivity index is 1.59. The lowest BCUT2D eigenvalue weighted by Gasteiger charge is -2.12. The number of hydrogen-bond donors (Lipinski definition) is 1. The number of carbonyl (C=O) groups excluding carboxylic acids is 1. The van der Waals surface area contributed by atoms with Gasteiger partial charge >= 0.3 is 0 Å². The topological polar surface area (TPSA) is 85.8 Å². The smallest absolute Gasteiger partial charge is 0.237 e. The average Bonchev–Trinajstić information content (AvgIpc) is 3.27. The van der Waals surface area contributed by atoms with Gasteiger partial charge in [0.1, 0.15) is 5.82 Å². The summed E-state index contributed by atoms with van der Waals surface area (Å²) in [6.45, 7) is 8.91. The number of anilines is 1. The number of amides is 1. The fourth-order valence-electron chi connectivity index (χ4n) is 2.64. The molecule has 0 spiro atoms. The molecule has 0 unspecified atom stereocenters. The maximum Gasteiger partial charge on any atom is 0.237 e. The van der Waals surface area contributed by atoms with E-state index >= 15 is 0 Å². The van der Waals surface area contributed by atoms with E-state index in [1.165, 1.54) is 17.3 Å². The second-order valence-corrected chi connectivity index (χ2v) is 8.41. The Morgan fingerprint density at radius 3 is 2.61 bits per heavy atom. The highest BCUT2D eigenvalue weighted by Crippen LogP contribution is 2.24. The molecule has 3 aromatic rings. The van der Waals surface area contributed by atoms with Crippen LogP contribution in [0, 0.1) is 0 Å². The molecule has 8 heteroatoms. The minimum atomic E-state index is -0.170. The largest absolute Gasteiger partial charge is 0.338 e. The van der Waals surface area contributed by atoms with Gasteiger partial charge in [-0.2, -0.15) is 0 Å². The fourth-order valence-corrected chi connectivity index (χ4v) is 3.47. The molecule has 2 aromatic heterocycles. The summed E-state index contributed by atoms with van der Waals surface area (Å²) in [6, 6.07) is 11.9. The average molecular weight is 400 g/mol. The molecule has 0 atom stereocenters. The van der Waals surface area contributed by atoms with E-state index in [4.69, 9.17) is 4.52 Å². The van der Waals surface area contributed by atoms with Crippen molar-refractivity contribution in [3.63, 3.8) is 0 Å². The molecule has 7 nitrogen and oxygen atoms in total. The van der Waals surface area contributed by atoms with Crippen molar-refractivity contribution in [1.29, 1.82) is 0 Å². The van der Waals surface area contributed by atoms with Crippen LogP contribution in [-0.2, 0) is 23.2 Å². The van der Waals surface area contributed by atoms with Gasteiger partial charge in [0.15, 0.2) is 5.16 Å². The van der Waals surface area contributed by atoms with E-state index in [0.717, 1.165) is 23.2 Å². The number of thioether (sulfide) groups is 1. The molecular formula is C20H25N5O2S. The lowest BCUT2D eigenvalue weighted by atomic mass is 9.92. The molecule has 0 aliphatic carbocycles. The first-order chi connectivity index (χ1) is 13.4. The van der Waals surface area contributed by atoms with Crippen LogP contribution in [0.5, 0.6) is 0 Å². The Hall–Kier alpha value is -2.61. The van der Waals surface area contributed by atoms with Gasteiger partial charge in [-0.05, 0) is 12.5 Å². The minimum Gasteiger partial charge on any atom is -0.338 e. The summed E-state index contributed by atoms with van der Waals surface area (Å²) in [5.74, 6) is 1.30. The summed E-state index contributed by atoms with van der Waals surface area (Å²) in [5.41, 5.74) is 1.85. The SMILES string of the molecule is CCn1c(Cc2ccccc2)nnc1SCC(=O)Nc1cc(C(C)(C)C)no1. The van der Waals surface area contributed by atoms with Gasteiger partial charge in [-0.3, -0.25) is 10.1 Å². The highest BCUT2D eigenvalue weighted by Gasteiger charge is 2.20. The van der Waals surface area contributed by atoms with Gasteiger partial charge in [0, 0.05) is 24.4 Å². The Morgan fingerprint density at radius 1 is 1.21 bits per heavy atom. The van der Waals surface area contributed by atoms with Crippen molar-refractivity contribution in [3.05, 3.63) is 53.5 Å². The van der Waals surface area contributed by atoms with E-state index in [1.807, 2.05) is 50.5 Å². The third-order valence-electron chi connectivity index (χ3n) is 4.19. The summed E-state index contributed by atoms with van der Waals surface area (Å²) in [4.78, 5) is 12.3. The van der Waals surface area contributed by atoms with E-state index in [0.29, 0.717) is 12.3 Å². The van der Waals surface area contributed by atoms with Gasteiger partial charge in [-0.25, -0.2) is 0 Å². The molecule has 0 saturated heterocycles. The lowest BCUT2D eigenvalue weighted by Crippen LogP contribution is -2.14. The summed E-state index contributed by atoms with van der Waals surface area (Å²) in [6.07, 6.45) is 0.710. The highest BCUT2D eigenvalue weighted by atomic mass is 32.2. The number of nitrogens with one attached hydrogen (secondary N) is 1. The Bertz CT molecular complexity index is 928. The predicted molar refractivity (Wildman–Crippen MR) is 110 cm³/mol. The molecule has 0 aliphatic rings. The summed E-state index contributed by atoms with van der Waals surface area (Å²) in [5, 5.41) is 16.0. The van der Waals surface area contributed by atoms with Crippen LogP contribution in [0.15, 0.2) is 46.1 Å². The Kier molecular flexibility index (Phi) is 6.18. The number of nitrogens with zero attached hydrogens (tertiary/aromatic N) is 4. The van der Waals surface area contributed by atoms with Crippen molar-refractivity contribution in [2.45, 2.75) is 51.2 Å². The first-order valence-corrected chi connectivity index (χ1v) is 10.2. The standard InChI is InChI=1S/C20H25N5O2S/c1-5-25-16(11-14-9-7-6-8-10-14)22-23-19(25)28-13-17(26)21-18-12-15(24-27-18)20(2,3)4/h6-10,12H,5,11,13H2,1-4H3,(H,21,26). The van der Waals surface area contributed by atoms with E-state index in [2.05, 4.69) is 32.8 Å². The van der Waals surface area contributed by atoms with Crippen molar-refractivity contribution < 1.29 is 9.32 Å². The number of rotatable bonds is 7. The second-order valence-electron chi connectivity index (χ2n) is 7.47. The van der Waals surface area contributed by atoms with Crippen LogP contribution >= 0.6 is 11.8 Å². The molecule has 1 amide bonds. The van der Waals surface area contributed by atoms with Gasteiger partial charge in [-0.15, -0.1) is 10.2 Å². The minimum absolute atomic E-state index is 0.131. The zero-order valence-corrected chi connectivity index (χ0v) is 17.4. The number of benzene rings is 1. The molecule has 0 saturated carbocycles. The van der Waals surface area contributed by atoms with Gasteiger partial charge in [-0.1, -0.05) is 68.0 Å². The maximum absolute atomic E-state index is 12.3. The zero-order valence-electron chi connectivity index (χ0n) is 16.6. The second kappa shape index (κ2) is 8.60. The lowest BCUT2D eigenvalue weighted by molar-refractivity contribution is -0.113. The van der Waals surface area contributed by atoms with Crippen molar-refractivity contribution in [1.82, 2.24) is 19.9 Å². The maximum atomic E-state index is 12.3. The van der Waals surface area contributed by atoms with Gasteiger partial charge in [0.05, 0.1) is 11.4 Å². The molecular weight excluding hydrogens is 374 g/mol. The van der Waals surface area contributed by atoms with E-state index in [9.17, 15) is 4.79 Å². The molecule has 0 bridgehead atoms. The zero-order chi connectivity index (χ0) is 20.1. The van der Waals surface area contributed by atoms with Crippen molar-refractivity contribution in [3.8, 4) is 0 Å². The monoisotopic (exact) mass is 399 g/mol. The van der Waals surface area contributed by atoms with Gasteiger partial charge < -0.3 is 9.09 Å². The molecule has 148 valence electrons. The molecule has 3 rings (SSSR count). The Labute approximate surface area is 168 Å². The summed E-state index contributed by atoms with van der Waals surface area (Å²) >= 11 is 1.36. The van der Waals surface area contributed by atoms with Crippen LogP contribution in [0.3, 0.4) is 0 Å². The van der Waals surface area contributed by atoms with Crippen molar-refractivity contribution in [2.24, 2.45) is 0 Å². The van der Waals surface area contributed by atoms with E-state index < -0.39 is 0 Å². The summed E-state index contributed by atoms with van der Waals surface area (Å²) < 4.78 is 7.24. The predicted octanol–water partition coefficient (Wildman–Crippen LogP) is 3.91. The van der Waals surface area contributed by atoms with Gasteiger partial charge in [0.25, 0.3) is 0 Å². The first-order valence-electron chi connectivity index (χ1n) is 9.22. The van der Waals surface area contributed by atoms with Crippen molar-refractivity contribution >= 4 is 23.6 Å². The van der Waals surface area contributed by atoms with Crippen LogP contribution in [0.2, 0.25) is 0 Å². The number of aromatic nitrogens is 4. The number of hydrogen-bond acceptors (Lipinski definition) is 6. The van der Waals surface area contributed by atoms with Crippen molar-refractivity contribution in [2.75, 3.05) is 11.1 Å². The molecule has 2 heterocycles. The highest BCUT2D eigenvalue weighted by molar-refractivity contribution is 7.99. The van der Waals surface area contributed by atoms with Gasteiger partial charge in [0.2, 0.25) is 11.8 Å². The van der Waals surface area contributed by atoms with E-state index in [-0.39, 0.29) is 17.1 Å². The molecule has 0 aliphatic heterocycles. The number of carbonyl (C=O) groups is 1. The quantitative estimate of drug-likeness (QED) is 0.606. The molecule has 28 heavy (non-hydrogen) atoms. The third-order valence-corrected chi connectivity index (χ3v) is 5.16. The van der Waals surface area contributed by atoms with Crippen LogP contribution in [0.25, 0.3) is 0 Å². The van der Waals surface area contributed by atoms with Crippen LogP contribution in [0.4, 0.5) is 5.88 Å². The molecule has 1 N–H and O–H groups in total. The molecule has 0 radical (unpaired) electrons. The van der Waals surface area contributed by atoms with E-state index in [1.54, 1.807) is 6.07 Å². The van der Waals surface area contributed by atoms with Crippen LogP contribution in [-0.4, -0.2) is 31.6 Å². The van der Waals surface area contributed by atoms with Crippen LogP contribution in [0.1, 0.15) is 44.8 Å². The molecule has 0 fully saturated rings. The normalized spacial score (nSPS) is 11.6. The fraction of sp³-hybridized carbons (Fsp3) is 0.400. The van der Waals surface area contributed by atoms with Crippen LogP contribution < -0.4 is 5.32 Å². The first kappa shape index (κ1) is 20.1.